The van der Waals surface area contributed by atoms with Crippen LogP contribution in [0.4, 0.5) is 5.82 Å². The molecule has 0 saturated heterocycles. The molecule has 0 radical (unpaired) electrons. The van der Waals surface area contributed by atoms with E-state index in [0.717, 1.165) is 27.2 Å². The normalized spacial score (nSPS) is 10.9. The molecule has 4 nitrogen and oxygen atoms in total. The van der Waals surface area contributed by atoms with Gasteiger partial charge in [0.1, 0.15) is 5.82 Å². The molecule has 1 N–H and O–H groups in total. The van der Waals surface area contributed by atoms with Crippen molar-refractivity contribution in [1.29, 1.82) is 0 Å². The van der Waals surface area contributed by atoms with E-state index in [9.17, 15) is 0 Å². The van der Waals surface area contributed by atoms with Gasteiger partial charge in [-0.3, -0.25) is 0 Å². The third-order valence-electron chi connectivity index (χ3n) is 2.68. The highest BCUT2D eigenvalue weighted by Gasteiger charge is 2.12. The van der Waals surface area contributed by atoms with Crippen LogP contribution in [0.1, 0.15) is 0 Å². The molecule has 1 aromatic carbocycles. The standard InChI is InChI=1S/C12H7BrClIN4/c13-8-6-16-19-11(18-15)5-10(17-12(8)19)7-3-1-2-4-9(7)14/h1-6,18H. The minimum atomic E-state index is 0.675. The molecule has 3 rings (SSSR count). The third-order valence-corrected chi connectivity index (χ3v) is 4.12. The molecule has 96 valence electrons. The van der Waals surface area contributed by atoms with Gasteiger partial charge in [0.2, 0.25) is 0 Å². The zero-order valence-electron chi connectivity index (χ0n) is 9.44. The average Bonchev–Trinajstić information content (AvgIpc) is 2.80. The Bertz CT molecular complexity index is 759. The number of hydrogen-bond donors (Lipinski definition) is 1. The van der Waals surface area contributed by atoms with Gasteiger partial charge in [0, 0.05) is 16.7 Å². The Balaban J connectivity index is 2.30. The number of anilines is 1. The molecule has 7 heteroatoms. The second-order valence-electron chi connectivity index (χ2n) is 3.83. The Morgan fingerprint density at radius 1 is 1.32 bits per heavy atom. The van der Waals surface area contributed by atoms with Crippen molar-refractivity contribution in [2.24, 2.45) is 0 Å². The first-order valence-corrected chi connectivity index (χ1v) is 7.61. The summed E-state index contributed by atoms with van der Waals surface area (Å²) in [4.78, 5) is 4.60. The van der Waals surface area contributed by atoms with Crippen molar-refractivity contribution >= 4 is 61.9 Å². The average molecular weight is 449 g/mol. The van der Waals surface area contributed by atoms with E-state index in [0.29, 0.717) is 5.02 Å². The van der Waals surface area contributed by atoms with Crippen molar-refractivity contribution in [3.63, 3.8) is 0 Å². The molecule has 0 aliphatic rings. The molecule has 0 aliphatic carbocycles. The van der Waals surface area contributed by atoms with Gasteiger partial charge in [-0.05, 0) is 22.0 Å². The number of halogens is 3. The second kappa shape index (κ2) is 5.26. The zero-order valence-corrected chi connectivity index (χ0v) is 13.9. The molecule has 3 aromatic rings. The van der Waals surface area contributed by atoms with Crippen LogP contribution in [0.25, 0.3) is 16.9 Å². The Hall–Kier alpha value is -0.860. The Morgan fingerprint density at radius 3 is 2.84 bits per heavy atom. The van der Waals surface area contributed by atoms with E-state index < -0.39 is 0 Å². The predicted octanol–water partition coefficient (Wildman–Crippen LogP) is 4.57. The SMILES string of the molecule is Clc1ccccc1-c1cc(NI)n2ncc(Br)c2n1. The van der Waals surface area contributed by atoms with E-state index in [4.69, 9.17) is 11.6 Å². The van der Waals surface area contributed by atoms with Gasteiger partial charge in [-0.15, -0.1) is 0 Å². The van der Waals surface area contributed by atoms with Gasteiger partial charge in [0.05, 0.1) is 39.2 Å². The highest BCUT2D eigenvalue weighted by atomic mass is 127. The number of nitrogens with one attached hydrogen (secondary N) is 1. The van der Waals surface area contributed by atoms with E-state index >= 15 is 0 Å². The summed E-state index contributed by atoms with van der Waals surface area (Å²) >= 11 is 11.7. The van der Waals surface area contributed by atoms with Crippen molar-refractivity contribution < 1.29 is 0 Å². The molecule has 0 unspecified atom stereocenters. The minimum absolute atomic E-state index is 0.675. The summed E-state index contributed by atoms with van der Waals surface area (Å²) < 4.78 is 5.65. The second-order valence-corrected chi connectivity index (χ2v) is 5.63. The van der Waals surface area contributed by atoms with Crippen LogP contribution in [0.15, 0.2) is 41.0 Å². The van der Waals surface area contributed by atoms with Crippen molar-refractivity contribution in [3.8, 4) is 11.3 Å². The molecule has 0 amide bonds. The fraction of sp³-hybridized carbons (Fsp3) is 0. The summed E-state index contributed by atoms with van der Waals surface area (Å²) in [6.07, 6.45) is 1.72. The number of rotatable bonds is 2. The first kappa shape index (κ1) is 13.1. The Kier molecular flexibility index (Phi) is 3.64. The summed E-state index contributed by atoms with van der Waals surface area (Å²) in [5.74, 6) is 0.839. The van der Waals surface area contributed by atoms with Crippen LogP contribution in [-0.2, 0) is 0 Å². The first-order valence-electron chi connectivity index (χ1n) is 5.36. The molecule has 0 spiro atoms. The highest BCUT2D eigenvalue weighted by molar-refractivity contribution is 14.1. The van der Waals surface area contributed by atoms with Crippen molar-refractivity contribution in [1.82, 2.24) is 14.6 Å². The van der Waals surface area contributed by atoms with Crippen molar-refractivity contribution in [2.45, 2.75) is 0 Å². The largest absolute Gasteiger partial charge is 0.313 e. The lowest BCUT2D eigenvalue weighted by Crippen LogP contribution is -1.99. The first-order chi connectivity index (χ1) is 9.20. The van der Waals surface area contributed by atoms with Crippen LogP contribution >= 0.6 is 50.4 Å². The van der Waals surface area contributed by atoms with Gasteiger partial charge in [-0.1, -0.05) is 29.8 Å². The number of benzene rings is 1. The maximum Gasteiger partial charge on any atom is 0.172 e. The molecule has 2 aromatic heterocycles. The van der Waals surface area contributed by atoms with Gasteiger partial charge < -0.3 is 3.53 Å². The van der Waals surface area contributed by atoms with Crippen LogP contribution in [0, 0.1) is 0 Å². The molecule has 0 aliphatic heterocycles. The fourth-order valence-electron chi connectivity index (χ4n) is 1.81. The fourth-order valence-corrected chi connectivity index (χ4v) is 2.78. The van der Waals surface area contributed by atoms with Crippen LogP contribution in [0.2, 0.25) is 5.02 Å². The number of aromatic nitrogens is 3. The zero-order chi connectivity index (χ0) is 13.4. The van der Waals surface area contributed by atoms with Crippen LogP contribution < -0.4 is 3.53 Å². The summed E-state index contributed by atoms with van der Waals surface area (Å²) in [6.45, 7) is 0. The van der Waals surface area contributed by atoms with E-state index in [1.165, 1.54) is 0 Å². The maximum absolute atomic E-state index is 6.22. The third kappa shape index (κ3) is 2.32. The molecule has 2 heterocycles. The van der Waals surface area contributed by atoms with Gasteiger partial charge in [-0.2, -0.15) is 9.61 Å². The van der Waals surface area contributed by atoms with Gasteiger partial charge in [0.15, 0.2) is 5.65 Å². The quantitative estimate of drug-likeness (QED) is 0.460. The minimum Gasteiger partial charge on any atom is -0.313 e. The molecular formula is C12H7BrClIN4. The molecule has 0 saturated carbocycles. The summed E-state index contributed by atoms with van der Waals surface area (Å²) in [5, 5.41) is 4.93. The van der Waals surface area contributed by atoms with Gasteiger partial charge in [0.25, 0.3) is 0 Å². The van der Waals surface area contributed by atoms with E-state index in [1.54, 1.807) is 10.7 Å². The van der Waals surface area contributed by atoms with E-state index in [1.807, 2.05) is 30.3 Å². The molecule has 19 heavy (non-hydrogen) atoms. The predicted molar refractivity (Wildman–Crippen MR) is 88.8 cm³/mol. The molecular weight excluding hydrogens is 442 g/mol. The topological polar surface area (TPSA) is 42.2 Å². The maximum atomic E-state index is 6.22. The van der Waals surface area contributed by atoms with Gasteiger partial charge in [-0.25, -0.2) is 4.98 Å². The van der Waals surface area contributed by atoms with Crippen LogP contribution in [-0.4, -0.2) is 14.6 Å². The van der Waals surface area contributed by atoms with Crippen molar-refractivity contribution in [2.75, 3.05) is 3.53 Å². The number of nitrogens with zero attached hydrogens (tertiary/aromatic N) is 3. The summed E-state index contributed by atoms with van der Waals surface area (Å²) in [7, 11) is 0. The van der Waals surface area contributed by atoms with Crippen LogP contribution in [0.3, 0.4) is 0 Å². The van der Waals surface area contributed by atoms with Gasteiger partial charge >= 0.3 is 0 Å². The lowest BCUT2D eigenvalue weighted by atomic mass is 10.1. The Morgan fingerprint density at radius 2 is 2.11 bits per heavy atom. The smallest absolute Gasteiger partial charge is 0.172 e. The van der Waals surface area contributed by atoms with E-state index in [2.05, 4.69) is 52.4 Å². The lowest BCUT2D eigenvalue weighted by molar-refractivity contribution is 0.955. The summed E-state index contributed by atoms with van der Waals surface area (Å²) in [5.41, 5.74) is 2.45. The monoisotopic (exact) mass is 448 g/mol. The lowest BCUT2D eigenvalue weighted by Gasteiger charge is -2.08. The number of hydrogen-bond acceptors (Lipinski definition) is 3. The Labute approximate surface area is 136 Å². The molecule has 0 bridgehead atoms. The highest BCUT2D eigenvalue weighted by Crippen LogP contribution is 2.30. The molecule has 0 atom stereocenters. The number of fused-ring (bicyclic) bond motifs is 1. The molecule has 0 fully saturated rings. The van der Waals surface area contributed by atoms with Crippen molar-refractivity contribution in [3.05, 3.63) is 46.0 Å². The van der Waals surface area contributed by atoms with E-state index in [-0.39, 0.29) is 0 Å². The summed E-state index contributed by atoms with van der Waals surface area (Å²) in [6, 6.07) is 9.56. The van der Waals surface area contributed by atoms with Crippen LogP contribution in [0.5, 0.6) is 0 Å².